The van der Waals surface area contributed by atoms with Gasteiger partial charge in [0.25, 0.3) is 0 Å². The van der Waals surface area contributed by atoms with Crippen LogP contribution in [0, 0.1) is 5.92 Å². The van der Waals surface area contributed by atoms with Crippen LogP contribution in [0.1, 0.15) is 37.1 Å². The van der Waals surface area contributed by atoms with E-state index in [1.54, 1.807) is 11.3 Å². The first-order chi connectivity index (χ1) is 9.81. The van der Waals surface area contributed by atoms with Gasteiger partial charge in [-0.3, -0.25) is 0 Å². The van der Waals surface area contributed by atoms with Gasteiger partial charge in [-0.15, -0.1) is 22.9 Å². The third-order valence-electron chi connectivity index (χ3n) is 4.05. The molecule has 2 atom stereocenters. The van der Waals surface area contributed by atoms with Gasteiger partial charge in [0, 0.05) is 22.7 Å². The summed E-state index contributed by atoms with van der Waals surface area (Å²) < 4.78 is 0. The fraction of sp³-hybridized carbons (Fsp3) is 0.471. The van der Waals surface area contributed by atoms with E-state index in [0.29, 0.717) is 5.38 Å². The van der Waals surface area contributed by atoms with Crippen molar-refractivity contribution in [1.82, 2.24) is 4.98 Å². The topological polar surface area (TPSA) is 12.9 Å². The summed E-state index contributed by atoms with van der Waals surface area (Å²) >= 11 is 8.16. The molecule has 1 nitrogen and oxygen atoms in total. The van der Waals surface area contributed by atoms with E-state index in [1.807, 2.05) is 6.07 Å². The zero-order valence-electron chi connectivity index (χ0n) is 11.6. The molecule has 1 fully saturated rings. The maximum atomic E-state index is 6.37. The quantitative estimate of drug-likeness (QED) is 0.536. The van der Waals surface area contributed by atoms with Crippen LogP contribution in [0.15, 0.2) is 35.7 Å². The predicted molar refractivity (Wildman–Crippen MR) is 87.5 cm³/mol. The number of benzene rings is 1. The molecule has 0 saturated heterocycles. The molecule has 1 saturated carbocycles. The Labute approximate surface area is 130 Å². The highest BCUT2D eigenvalue weighted by atomic mass is 35.5. The molecule has 2 aromatic rings. The lowest BCUT2D eigenvalue weighted by molar-refractivity contribution is 0.459. The van der Waals surface area contributed by atoms with Gasteiger partial charge in [0.15, 0.2) is 0 Å². The second-order valence-electron chi connectivity index (χ2n) is 5.68. The van der Waals surface area contributed by atoms with Crippen molar-refractivity contribution in [1.29, 1.82) is 0 Å². The van der Waals surface area contributed by atoms with Crippen LogP contribution in [0.5, 0.6) is 0 Å². The number of halogens is 1. The van der Waals surface area contributed by atoms with Crippen LogP contribution in [0.25, 0.3) is 11.3 Å². The standard InChI is InChI=1S/C17H20ClNS/c18-15-9-5-4-6-13(10-15)11-17-19-16(12-20-17)14-7-2-1-3-8-14/h1-3,7-8,12-13,15H,4-6,9-11H2. The minimum absolute atomic E-state index is 0.371. The summed E-state index contributed by atoms with van der Waals surface area (Å²) in [6.07, 6.45) is 7.36. The molecule has 3 rings (SSSR count). The van der Waals surface area contributed by atoms with E-state index in [-0.39, 0.29) is 0 Å². The fourth-order valence-electron chi connectivity index (χ4n) is 2.97. The van der Waals surface area contributed by atoms with Crippen LogP contribution in [0.4, 0.5) is 0 Å². The lowest BCUT2D eigenvalue weighted by Gasteiger charge is -2.14. The third-order valence-corrected chi connectivity index (χ3v) is 5.32. The second kappa shape index (κ2) is 6.73. The van der Waals surface area contributed by atoms with Crippen molar-refractivity contribution in [2.75, 3.05) is 0 Å². The molecule has 0 radical (unpaired) electrons. The lowest BCUT2D eigenvalue weighted by atomic mass is 9.97. The van der Waals surface area contributed by atoms with Crippen LogP contribution < -0.4 is 0 Å². The number of thiazole rings is 1. The molecule has 1 aromatic carbocycles. The summed E-state index contributed by atoms with van der Waals surface area (Å²) in [4.78, 5) is 4.81. The van der Waals surface area contributed by atoms with Crippen molar-refractivity contribution in [2.45, 2.75) is 43.9 Å². The summed E-state index contributed by atoms with van der Waals surface area (Å²) in [5.41, 5.74) is 2.33. The van der Waals surface area contributed by atoms with Crippen molar-refractivity contribution in [2.24, 2.45) is 5.92 Å². The van der Waals surface area contributed by atoms with Crippen LogP contribution in [-0.2, 0) is 6.42 Å². The van der Waals surface area contributed by atoms with Crippen LogP contribution in [0.2, 0.25) is 0 Å². The zero-order chi connectivity index (χ0) is 13.8. The van der Waals surface area contributed by atoms with Crippen molar-refractivity contribution in [3.05, 3.63) is 40.7 Å². The molecule has 0 amide bonds. The van der Waals surface area contributed by atoms with E-state index in [0.717, 1.165) is 24.5 Å². The maximum absolute atomic E-state index is 6.37. The van der Waals surface area contributed by atoms with E-state index in [4.69, 9.17) is 16.6 Å². The Morgan fingerprint density at radius 2 is 1.95 bits per heavy atom. The molecular formula is C17H20ClNS. The highest BCUT2D eigenvalue weighted by Crippen LogP contribution is 2.31. The zero-order valence-corrected chi connectivity index (χ0v) is 13.2. The number of hydrogen-bond acceptors (Lipinski definition) is 2. The Morgan fingerprint density at radius 1 is 1.15 bits per heavy atom. The second-order valence-corrected chi connectivity index (χ2v) is 7.24. The van der Waals surface area contributed by atoms with Crippen molar-refractivity contribution >= 4 is 22.9 Å². The van der Waals surface area contributed by atoms with Gasteiger partial charge in [-0.25, -0.2) is 4.98 Å². The molecule has 3 heteroatoms. The van der Waals surface area contributed by atoms with Gasteiger partial charge in [0.05, 0.1) is 10.7 Å². The van der Waals surface area contributed by atoms with Crippen molar-refractivity contribution < 1.29 is 0 Å². The SMILES string of the molecule is ClC1CCCCC(Cc2nc(-c3ccccc3)cs2)C1. The fourth-order valence-corrected chi connectivity index (χ4v) is 4.30. The van der Waals surface area contributed by atoms with Crippen LogP contribution >= 0.6 is 22.9 Å². The third kappa shape index (κ3) is 3.62. The molecule has 1 aliphatic carbocycles. The molecule has 1 heterocycles. The van der Waals surface area contributed by atoms with E-state index in [1.165, 1.54) is 36.3 Å². The minimum atomic E-state index is 0.371. The van der Waals surface area contributed by atoms with Gasteiger partial charge in [-0.2, -0.15) is 0 Å². The molecule has 0 spiro atoms. The van der Waals surface area contributed by atoms with Gasteiger partial charge in [-0.05, 0) is 25.2 Å². The summed E-state index contributed by atoms with van der Waals surface area (Å²) in [5.74, 6) is 0.717. The predicted octanol–water partition coefficient (Wildman–Crippen LogP) is 5.54. The Kier molecular flexibility index (Phi) is 4.74. The Hall–Kier alpha value is -0.860. The van der Waals surface area contributed by atoms with Crippen LogP contribution in [0.3, 0.4) is 0 Å². The first-order valence-corrected chi connectivity index (χ1v) is 8.77. The molecule has 2 unspecified atom stereocenters. The molecule has 1 aromatic heterocycles. The van der Waals surface area contributed by atoms with Crippen molar-refractivity contribution in [3.8, 4) is 11.3 Å². The largest absolute Gasteiger partial charge is 0.241 e. The van der Waals surface area contributed by atoms with Gasteiger partial charge in [0.2, 0.25) is 0 Å². The molecule has 1 aliphatic rings. The smallest absolute Gasteiger partial charge is 0.0935 e. The first-order valence-electron chi connectivity index (χ1n) is 7.45. The number of nitrogens with zero attached hydrogens (tertiary/aromatic N) is 1. The average Bonchev–Trinajstić information content (AvgIpc) is 2.83. The van der Waals surface area contributed by atoms with Crippen molar-refractivity contribution in [3.63, 3.8) is 0 Å². The minimum Gasteiger partial charge on any atom is -0.241 e. The molecule has 0 N–H and O–H groups in total. The molecule has 20 heavy (non-hydrogen) atoms. The van der Waals surface area contributed by atoms with E-state index in [2.05, 4.69) is 29.6 Å². The summed E-state index contributed by atoms with van der Waals surface area (Å²) in [7, 11) is 0. The highest BCUT2D eigenvalue weighted by molar-refractivity contribution is 7.09. The Bertz CT molecular complexity index is 537. The summed E-state index contributed by atoms with van der Waals surface area (Å²) in [5, 5.41) is 3.81. The summed E-state index contributed by atoms with van der Waals surface area (Å²) in [6, 6.07) is 10.4. The molecule has 0 aliphatic heterocycles. The van der Waals surface area contributed by atoms with E-state index >= 15 is 0 Å². The maximum Gasteiger partial charge on any atom is 0.0935 e. The average molecular weight is 306 g/mol. The number of aromatic nitrogens is 1. The van der Waals surface area contributed by atoms with E-state index in [9.17, 15) is 0 Å². The number of hydrogen-bond donors (Lipinski definition) is 0. The monoisotopic (exact) mass is 305 g/mol. The number of rotatable bonds is 3. The lowest BCUT2D eigenvalue weighted by Crippen LogP contribution is -2.08. The number of alkyl halides is 1. The normalized spacial score (nSPS) is 23.4. The van der Waals surface area contributed by atoms with Crippen LogP contribution in [-0.4, -0.2) is 10.4 Å². The van der Waals surface area contributed by atoms with Gasteiger partial charge < -0.3 is 0 Å². The molecular weight excluding hydrogens is 286 g/mol. The van der Waals surface area contributed by atoms with Gasteiger partial charge in [-0.1, -0.05) is 43.2 Å². The van der Waals surface area contributed by atoms with Gasteiger partial charge >= 0.3 is 0 Å². The molecule has 106 valence electrons. The Balaban J connectivity index is 1.68. The van der Waals surface area contributed by atoms with E-state index < -0.39 is 0 Å². The highest BCUT2D eigenvalue weighted by Gasteiger charge is 2.20. The molecule has 0 bridgehead atoms. The van der Waals surface area contributed by atoms with Gasteiger partial charge in [0.1, 0.15) is 0 Å². The Morgan fingerprint density at radius 3 is 2.80 bits per heavy atom. The first kappa shape index (κ1) is 14.1. The summed E-state index contributed by atoms with van der Waals surface area (Å²) in [6.45, 7) is 0.